The Morgan fingerprint density at radius 1 is 1.06 bits per heavy atom. The first-order valence-electron chi connectivity index (χ1n) is 10.8. The first-order chi connectivity index (χ1) is 16.1. The number of piperidine rings is 1. The zero-order valence-corrected chi connectivity index (χ0v) is 18.0. The van der Waals surface area contributed by atoms with Crippen LogP contribution < -0.4 is 4.74 Å². The molecule has 1 N–H and O–H groups in total. The molecule has 0 radical (unpaired) electrons. The van der Waals surface area contributed by atoms with Gasteiger partial charge in [0.05, 0.1) is 0 Å². The number of amides is 1. The third-order valence-electron chi connectivity index (χ3n) is 5.43. The zero-order chi connectivity index (χ0) is 23.0. The molecule has 5 rings (SSSR count). The van der Waals surface area contributed by atoms with Crippen molar-refractivity contribution >= 4 is 11.9 Å². The Hall–Kier alpha value is -3.94. The fraction of sp³-hybridized carbons (Fsp3) is 0.240. The minimum atomic E-state index is -0.840. The second kappa shape index (κ2) is 10.6. The van der Waals surface area contributed by atoms with E-state index in [-0.39, 0.29) is 5.82 Å². The average molecular weight is 448 g/mol. The highest BCUT2D eigenvalue weighted by Gasteiger charge is 2.23. The summed E-state index contributed by atoms with van der Waals surface area (Å²) >= 11 is 0. The molecule has 0 saturated carbocycles. The monoisotopic (exact) mass is 448 g/mol. The number of imidazole rings is 1. The third-order valence-corrected chi connectivity index (χ3v) is 5.43. The van der Waals surface area contributed by atoms with Gasteiger partial charge in [-0.15, -0.1) is 0 Å². The van der Waals surface area contributed by atoms with E-state index in [1.165, 1.54) is 17.0 Å². The molecule has 33 heavy (non-hydrogen) atoms. The Labute approximate surface area is 191 Å². The van der Waals surface area contributed by atoms with Crippen LogP contribution in [0.25, 0.3) is 5.78 Å². The molecule has 1 unspecified atom stereocenters. The fourth-order valence-electron chi connectivity index (χ4n) is 3.88. The van der Waals surface area contributed by atoms with Crippen molar-refractivity contribution in [2.75, 3.05) is 13.1 Å². The summed E-state index contributed by atoms with van der Waals surface area (Å²) in [6, 6.07) is 15.5. The van der Waals surface area contributed by atoms with Gasteiger partial charge in [-0.1, -0.05) is 12.1 Å². The molecule has 1 saturated heterocycles. The molecule has 0 spiro atoms. The predicted molar refractivity (Wildman–Crippen MR) is 122 cm³/mol. The lowest BCUT2D eigenvalue weighted by atomic mass is 9.91. The predicted octanol–water partition coefficient (Wildman–Crippen LogP) is 5.28. The molecule has 1 aliphatic heterocycles. The van der Waals surface area contributed by atoms with Crippen LogP contribution in [0, 0.1) is 11.7 Å². The Bertz CT molecular complexity index is 1170. The minimum Gasteiger partial charge on any atom is -0.465 e. The number of carboxylic acid groups (broad SMARTS) is 1. The van der Waals surface area contributed by atoms with Gasteiger partial charge < -0.3 is 14.7 Å². The lowest BCUT2D eigenvalue weighted by Gasteiger charge is -2.30. The van der Waals surface area contributed by atoms with Gasteiger partial charge in [0.15, 0.2) is 0 Å². The molecule has 1 atom stereocenters. The number of carbonyl (C=O) groups is 1. The van der Waals surface area contributed by atoms with Crippen LogP contribution in [0.1, 0.15) is 18.4 Å². The molecule has 3 heterocycles. The van der Waals surface area contributed by atoms with E-state index >= 15 is 0 Å². The second-order valence-corrected chi connectivity index (χ2v) is 7.90. The summed E-state index contributed by atoms with van der Waals surface area (Å²) < 4.78 is 20.5. The molecule has 170 valence electrons. The van der Waals surface area contributed by atoms with E-state index in [1.807, 2.05) is 47.1 Å². The van der Waals surface area contributed by atoms with Crippen LogP contribution in [0.2, 0.25) is 0 Å². The Kier molecular flexibility index (Phi) is 7.14. The summed E-state index contributed by atoms with van der Waals surface area (Å²) in [5.41, 5.74) is 1.12. The van der Waals surface area contributed by atoms with Gasteiger partial charge in [-0.05, 0) is 73.2 Å². The molecular formula is C25H25FN4O3. The number of nitrogens with zero attached hydrogens (tertiary/aromatic N) is 4. The number of benzene rings is 2. The first kappa shape index (κ1) is 22.3. The van der Waals surface area contributed by atoms with Gasteiger partial charge in [-0.25, -0.2) is 19.2 Å². The van der Waals surface area contributed by atoms with E-state index in [2.05, 4.69) is 9.97 Å². The van der Waals surface area contributed by atoms with Gasteiger partial charge in [-0.2, -0.15) is 0 Å². The molecular weight excluding hydrogens is 423 g/mol. The number of aromatic nitrogens is 3. The van der Waals surface area contributed by atoms with Crippen molar-refractivity contribution in [3.8, 4) is 11.5 Å². The van der Waals surface area contributed by atoms with Crippen LogP contribution in [0.4, 0.5) is 9.18 Å². The number of ether oxygens (including phenoxy) is 1. The van der Waals surface area contributed by atoms with E-state index in [9.17, 15) is 9.18 Å². The minimum absolute atomic E-state index is 0.295. The topological polar surface area (TPSA) is 80.0 Å². The van der Waals surface area contributed by atoms with E-state index in [1.54, 1.807) is 24.5 Å². The standard InChI is InChI=1S/C19H20FNO3.C6H5N3/c20-16-6-8-17(9-7-16)24-18-5-1-3-14(12-18)11-15-4-2-10-21(13-15)19(22)23;1-2-7-6-8-3-5-9(6)4-1/h1,3,5-9,12,15H,2,4,10-11,13H2,(H,22,23);1-5H. The van der Waals surface area contributed by atoms with E-state index < -0.39 is 6.09 Å². The molecule has 0 aliphatic carbocycles. The van der Waals surface area contributed by atoms with Gasteiger partial charge in [0.25, 0.3) is 0 Å². The smallest absolute Gasteiger partial charge is 0.407 e. The van der Waals surface area contributed by atoms with Crippen molar-refractivity contribution in [1.82, 2.24) is 19.3 Å². The van der Waals surface area contributed by atoms with Gasteiger partial charge in [-0.3, -0.25) is 4.40 Å². The van der Waals surface area contributed by atoms with E-state index in [0.29, 0.717) is 30.5 Å². The highest BCUT2D eigenvalue weighted by Crippen LogP contribution is 2.26. The molecule has 1 aliphatic rings. The van der Waals surface area contributed by atoms with Crippen molar-refractivity contribution < 1.29 is 19.0 Å². The lowest BCUT2D eigenvalue weighted by Crippen LogP contribution is -2.39. The zero-order valence-electron chi connectivity index (χ0n) is 18.0. The largest absolute Gasteiger partial charge is 0.465 e. The Balaban J connectivity index is 0.000000238. The summed E-state index contributed by atoms with van der Waals surface area (Å²) in [5, 5.41) is 9.13. The highest BCUT2D eigenvalue weighted by atomic mass is 19.1. The maximum atomic E-state index is 12.9. The maximum Gasteiger partial charge on any atom is 0.407 e. The normalized spacial score (nSPS) is 15.5. The summed E-state index contributed by atoms with van der Waals surface area (Å²) in [5.74, 6) is 2.07. The highest BCUT2D eigenvalue weighted by molar-refractivity contribution is 5.65. The quantitative estimate of drug-likeness (QED) is 0.459. The van der Waals surface area contributed by atoms with Crippen LogP contribution in [-0.4, -0.2) is 43.6 Å². The molecule has 1 amide bonds. The SMILES string of the molecule is O=C(O)N1CCCC(Cc2cccc(Oc3ccc(F)cc3)c2)C1.c1cnc2nccn2c1. The van der Waals surface area contributed by atoms with Gasteiger partial charge in [0.2, 0.25) is 5.78 Å². The van der Waals surface area contributed by atoms with Crippen molar-refractivity contribution in [2.24, 2.45) is 5.92 Å². The number of rotatable bonds is 4. The van der Waals surface area contributed by atoms with Crippen molar-refractivity contribution in [3.63, 3.8) is 0 Å². The Morgan fingerprint density at radius 3 is 2.67 bits per heavy atom. The van der Waals surface area contributed by atoms with Gasteiger partial charge in [0, 0.05) is 37.9 Å². The van der Waals surface area contributed by atoms with Crippen molar-refractivity contribution in [2.45, 2.75) is 19.3 Å². The van der Waals surface area contributed by atoms with Gasteiger partial charge in [0.1, 0.15) is 17.3 Å². The van der Waals surface area contributed by atoms with Crippen molar-refractivity contribution in [3.05, 3.63) is 90.8 Å². The average Bonchev–Trinajstić information content (AvgIpc) is 3.30. The summed E-state index contributed by atoms with van der Waals surface area (Å²) in [7, 11) is 0. The van der Waals surface area contributed by atoms with Gasteiger partial charge >= 0.3 is 6.09 Å². The molecule has 1 fully saturated rings. The van der Waals surface area contributed by atoms with Crippen LogP contribution in [0.15, 0.2) is 79.4 Å². The third kappa shape index (κ3) is 6.29. The Morgan fingerprint density at radius 2 is 1.88 bits per heavy atom. The van der Waals surface area contributed by atoms with E-state index in [0.717, 1.165) is 30.6 Å². The summed E-state index contributed by atoms with van der Waals surface area (Å²) in [4.78, 5) is 20.6. The van der Waals surface area contributed by atoms with Crippen LogP contribution in [0.3, 0.4) is 0 Å². The first-order valence-corrected chi connectivity index (χ1v) is 10.8. The molecule has 7 nitrogen and oxygen atoms in total. The summed E-state index contributed by atoms with van der Waals surface area (Å²) in [6.45, 7) is 1.21. The number of halogens is 1. The lowest BCUT2D eigenvalue weighted by molar-refractivity contribution is 0.120. The number of fused-ring (bicyclic) bond motifs is 1. The van der Waals surface area contributed by atoms with Crippen LogP contribution in [-0.2, 0) is 6.42 Å². The molecule has 2 aromatic carbocycles. The van der Waals surface area contributed by atoms with E-state index in [4.69, 9.17) is 9.84 Å². The number of hydrogen-bond acceptors (Lipinski definition) is 4. The van der Waals surface area contributed by atoms with Crippen molar-refractivity contribution in [1.29, 1.82) is 0 Å². The molecule has 2 aromatic heterocycles. The molecule has 4 aromatic rings. The van der Waals surface area contributed by atoms with Crippen LogP contribution in [0.5, 0.6) is 11.5 Å². The molecule has 0 bridgehead atoms. The number of hydrogen-bond donors (Lipinski definition) is 1. The fourth-order valence-corrected chi connectivity index (χ4v) is 3.88. The van der Waals surface area contributed by atoms with Crippen LogP contribution >= 0.6 is 0 Å². The summed E-state index contributed by atoms with van der Waals surface area (Å²) in [6.07, 6.45) is 9.15. The molecule has 8 heteroatoms. The second-order valence-electron chi connectivity index (χ2n) is 7.90. The maximum absolute atomic E-state index is 12.9. The number of likely N-dealkylation sites (tertiary alicyclic amines) is 1.